The van der Waals surface area contributed by atoms with E-state index in [1.54, 1.807) is 29.5 Å². The molecule has 3 heterocycles. The molecule has 3 N–H and O–H groups in total. The Balaban J connectivity index is 1.67. The van der Waals surface area contributed by atoms with Gasteiger partial charge in [-0.2, -0.15) is 0 Å². The van der Waals surface area contributed by atoms with Crippen molar-refractivity contribution in [3.8, 4) is 11.5 Å². The molecule has 2 aliphatic heterocycles. The van der Waals surface area contributed by atoms with Crippen molar-refractivity contribution in [1.29, 1.82) is 0 Å². The molecule has 0 unspecified atom stereocenters. The lowest BCUT2D eigenvalue weighted by atomic mass is 9.99. The lowest BCUT2D eigenvalue weighted by molar-refractivity contribution is 0.0934. The molecule has 1 aromatic carbocycles. The van der Waals surface area contributed by atoms with Gasteiger partial charge in [-0.25, -0.2) is 0 Å². The summed E-state index contributed by atoms with van der Waals surface area (Å²) in [5, 5.41) is 17.7. The zero-order chi connectivity index (χ0) is 18.4. The first-order chi connectivity index (χ1) is 12.5. The van der Waals surface area contributed by atoms with Crippen LogP contribution in [0.15, 0.2) is 18.2 Å². The average Bonchev–Trinajstić information content (AvgIpc) is 2.99. The van der Waals surface area contributed by atoms with Crippen molar-refractivity contribution in [3.63, 3.8) is 0 Å². The molecule has 1 aromatic heterocycles. The fourth-order valence-electron chi connectivity index (χ4n) is 3.67. The molecule has 1 amide bonds. The maximum atomic E-state index is 12.8. The van der Waals surface area contributed by atoms with E-state index in [9.17, 15) is 9.90 Å². The number of ether oxygens (including phenoxy) is 1. The van der Waals surface area contributed by atoms with Gasteiger partial charge in [-0.15, -0.1) is 11.3 Å². The number of aromatic hydroxyl groups is 1. The Kier molecular flexibility index (Phi) is 4.28. The van der Waals surface area contributed by atoms with Crippen LogP contribution in [0.3, 0.4) is 0 Å². The third kappa shape index (κ3) is 2.71. The Morgan fingerprint density at radius 2 is 2.15 bits per heavy atom. The van der Waals surface area contributed by atoms with Crippen LogP contribution in [0.25, 0.3) is 0 Å². The molecule has 138 valence electrons. The highest BCUT2D eigenvalue weighted by Gasteiger charge is 2.34. The number of amides is 1. The van der Waals surface area contributed by atoms with Crippen LogP contribution < -0.4 is 15.4 Å². The quantitative estimate of drug-likeness (QED) is 0.771. The average molecular weight is 373 g/mol. The van der Waals surface area contributed by atoms with Crippen molar-refractivity contribution >= 4 is 22.2 Å². The van der Waals surface area contributed by atoms with E-state index in [1.807, 2.05) is 0 Å². The van der Waals surface area contributed by atoms with Crippen molar-refractivity contribution in [3.05, 3.63) is 39.8 Å². The number of phenolic OH excluding ortho intramolecular Hbond substituents is 1. The molecule has 7 heteroatoms. The van der Waals surface area contributed by atoms with E-state index in [0.29, 0.717) is 17.4 Å². The van der Waals surface area contributed by atoms with Crippen molar-refractivity contribution in [1.82, 2.24) is 10.2 Å². The van der Waals surface area contributed by atoms with E-state index in [-0.39, 0.29) is 11.7 Å². The summed E-state index contributed by atoms with van der Waals surface area (Å²) in [6.07, 6.45) is 0.412. The highest BCUT2D eigenvalue weighted by atomic mass is 32.1. The van der Waals surface area contributed by atoms with Crippen LogP contribution in [-0.2, 0) is 13.0 Å². The molecule has 2 aliphatic rings. The number of thiophene rings is 1. The van der Waals surface area contributed by atoms with Gasteiger partial charge in [0.05, 0.1) is 12.7 Å². The third-order valence-corrected chi connectivity index (χ3v) is 6.30. The van der Waals surface area contributed by atoms with E-state index in [1.165, 1.54) is 17.6 Å². The van der Waals surface area contributed by atoms with Crippen LogP contribution >= 0.6 is 11.3 Å². The van der Waals surface area contributed by atoms with Gasteiger partial charge in [0.1, 0.15) is 11.2 Å². The van der Waals surface area contributed by atoms with Crippen LogP contribution in [0, 0.1) is 0 Å². The first-order valence-corrected chi connectivity index (χ1v) is 9.63. The predicted octanol–water partition coefficient (Wildman–Crippen LogP) is 3.08. The normalized spacial score (nSPS) is 19.5. The topological polar surface area (TPSA) is 73.8 Å². The molecule has 0 aliphatic carbocycles. The van der Waals surface area contributed by atoms with E-state index in [4.69, 9.17) is 4.74 Å². The molecular formula is C19H23N3O3S. The second kappa shape index (κ2) is 6.48. The maximum Gasteiger partial charge on any atom is 0.256 e. The van der Waals surface area contributed by atoms with Gasteiger partial charge in [-0.05, 0) is 31.9 Å². The molecular weight excluding hydrogens is 350 g/mol. The molecule has 0 saturated heterocycles. The number of nitrogens with one attached hydrogen (secondary N) is 2. The van der Waals surface area contributed by atoms with Crippen LogP contribution in [0.1, 0.15) is 46.4 Å². The molecule has 0 fully saturated rings. The summed E-state index contributed by atoms with van der Waals surface area (Å²) >= 11 is 1.65. The monoisotopic (exact) mass is 373 g/mol. The number of fused-ring (bicyclic) bond motifs is 3. The number of phenols is 1. The number of para-hydroxylation sites is 1. The number of hydrogen-bond donors (Lipinski definition) is 3. The molecule has 6 nitrogen and oxygen atoms in total. The molecule has 0 saturated carbocycles. The Bertz CT molecular complexity index is 862. The van der Waals surface area contributed by atoms with Gasteiger partial charge in [-0.1, -0.05) is 12.1 Å². The Hall–Kier alpha value is -2.25. The summed E-state index contributed by atoms with van der Waals surface area (Å²) in [4.78, 5) is 16.5. The maximum absolute atomic E-state index is 12.8. The number of nitrogens with zero attached hydrogens (tertiary/aromatic N) is 1. The van der Waals surface area contributed by atoms with Crippen molar-refractivity contribution < 1.29 is 14.6 Å². The largest absolute Gasteiger partial charge is 0.504 e. The molecule has 0 radical (unpaired) electrons. The zero-order valence-electron chi connectivity index (χ0n) is 15.1. The van der Waals surface area contributed by atoms with Crippen molar-refractivity contribution in [2.75, 3.05) is 19.0 Å². The van der Waals surface area contributed by atoms with Gasteiger partial charge in [0.15, 0.2) is 11.5 Å². The Morgan fingerprint density at radius 1 is 1.35 bits per heavy atom. The number of methoxy groups -OCH3 is 1. The number of rotatable bonds is 3. The number of hydrogen-bond acceptors (Lipinski definition) is 6. The molecule has 0 bridgehead atoms. The van der Waals surface area contributed by atoms with Gasteiger partial charge >= 0.3 is 0 Å². The Labute approximate surface area is 156 Å². The minimum absolute atomic E-state index is 0.0450. The zero-order valence-corrected chi connectivity index (χ0v) is 15.9. The van der Waals surface area contributed by atoms with Crippen molar-refractivity contribution in [2.45, 2.75) is 39.0 Å². The highest BCUT2D eigenvalue weighted by Crippen LogP contribution is 2.43. The Morgan fingerprint density at radius 3 is 2.88 bits per heavy atom. The minimum Gasteiger partial charge on any atom is -0.504 e. The van der Waals surface area contributed by atoms with Crippen LogP contribution in [0.5, 0.6) is 11.5 Å². The summed E-state index contributed by atoms with van der Waals surface area (Å²) in [6.45, 7) is 6.26. The van der Waals surface area contributed by atoms with Gasteiger partial charge in [0.2, 0.25) is 0 Å². The molecule has 26 heavy (non-hydrogen) atoms. The van der Waals surface area contributed by atoms with E-state index < -0.39 is 6.17 Å². The van der Waals surface area contributed by atoms with Crippen LogP contribution in [-0.4, -0.2) is 35.6 Å². The smallest absolute Gasteiger partial charge is 0.256 e. The van der Waals surface area contributed by atoms with E-state index in [0.717, 1.165) is 30.1 Å². The second-order valence-corrected chi connectivity index (χ2v) is 8.08. The number of anilines is 1. The number of carbonyl (C=O) groups is 1. The fourth-order valence-corrected chi connectivity index (χ4v) is 4.97. The molecule has 4 rings (SSSR count). The first-order valence-electron chi connectivity index (χ1n) is 8.81. The second-order valence-electron chi connectivity index (χ2n) is 6.97. The minimum atomic E-state index is -0.480. The lowest BCUT2D eigenvalue weighted by Gasteiger charge is -2.31. The van der Waals surface area contributed by atoms with Gasteiger partial charge in [0, 0.05) is 29.6 Å². The van der Waals surface area contributed by atoms with Gasteiger partial charge in [-0.3, -0.25) is 9.69 Å². The SMILES string of the molecule is COc1cccc([C@@H]2NC(=O)c3c(sc4c3CCN(C(C)C)C4)N2)c1O. The van der Waals surface area contributed by atoms with Crippen molar-refractivity contribution in [2.24, 2.45) is 0 Å². The van der Waals surface area contributed by atoms with E-state index >= 15 is 0 Å². The first kappa shape index (κ1) is 17.2. The van der Waals surface area contributed by atoms with E-state index in [2.05, 4.69) is 29.4 Å². The summed E-state index contributed by atoms with van der Waals surface area (Å²) in [6, 6.07) is 5.77. The summed E-state index contributed by atoms with van der Waals surface area (Å²) < 4.78 is 5.18. The molecule has 2 aromatic rings. The molecule has 1 atom stereocenters. The van der Waals surface area contributed by atoms with Gasteiger partial charge < -0.3 is 20.5 Å². The standard InChI is InChI=1S/C19H23N3O3S/c1-10(2)22-8-7-11-14(9-22)26-19-15(11)18(24)20-17(21-19)12-5-4-6-13(25-3)16(12)23/h4-6,10,17,21,23H,7-9H2,1-3H3,(H,20,24)/t17-/m1/s1. The summed E-state index contributed by atoms with van der Waals surface area (Å²) in [7, 11) is 1.51. The summed E-state index contributed by atoms with van der Waals surface area (Å²) in [5.74, 6) is 0.354. The molecule has 0 spiro atoms. The number of benzene rings is 1. The third-order valence-electron chi connectivity index (χ3n) is 5.16. The van der Waals surface area contributed by atoms with Crippen LogP contribution in [0.4, 0.5) is 5.00 Å². The lowest BCUT2D eigenvalue weighted by Crippen LogP contribution is -2.39. The van der Waals surface area contributed by atoms with Gasteiger partial charge in [0.25, 0.3) is 5.91 Å². The fraction of sp³-hybridized carbons (Fsp3) is 0.421. The van der Waals surface area contributed by atoms with Crippen LogP contribution in [0.2, 0.25) is 0 Å². The summed E-state index contributed by atoms with van der Waals surface area (Å²) in [5.41, 5.74) is 2.53. The highest BCUT2D eigenvalue weighted by molar-refractivity contribution is 7.16. The number of carbonyl (C=O) groups excluding carboxylic acids is 1. The predicted molar refractivity (Wildman–Crippen MR) is 102 cm³/mol.